The van der Waals surface area contributed by atoms with Crippen molar-refractivity contribution < 1.29 is 0 Å². The van der Waals surface area contributed by atoms with Crippen LogP contribution in [0.5, 0.6) is 0 Å². The molecular formula is C13H21N3. The lowest BCUT2D eigenvalue weighted by Crippen LogP contribution is -2.22. The minimum Gasteiger partial charge on any atom is -0.385 e. The molecule has 0 spiro atoms. The SMILES string of the molecule is Cc1cnccc1NCCCN1CCCC1. The Morgan fingerprint density at radius 3 is 2.94 bits per heavy atom. The summed E-state index contributed by atoms with van der Waals surface area (Å²) in [7, 11) is 0. The standard InChI is InChI=1S/C13H21N3/c1-12-11-14-7-5-13(12)15-6-4-10-16-8-2-3-9-16/h5,7,11H,2-4,6,8-10H2,1H3,(H,14,15). The highest BCUT2D eigenvalue weighted by Crippen LogP contribution is 2.12. The fourth-order valence-corrected chi connectivity index (χ4v) is 2.20. The van der Waals surface area contributed by atoms with E-state index in [0.29, 0.717) is 0 Å². The summed E-state index contributed by atoms with van der Waals surface area (Å²) in [4.78, 5) is 6.64. The van der Waals surface area contributed by atoms with Gasteiger partial charge >= 0.3 is 0 Å². The van der Waals surface area contributed by atoms with Gasteiger partial charge in [0, 0.05) is 24.6 Å². The van der Waals surface area contributed by atoms with Crippen molar-refractivity contribution in [3.63, 3.8) is 0 Å². The molecule has 0 amide bonds. The molecular weight excluding hydrogens is 198 g/mol. The molecule has 1 N–H and O–H groups in total. The molecule has 3 nitrogen and oxygen atoms in total. The second kappa shape index (κ2) is 5.85. The zero-order chi connectivity index (χ0) is 11.2. The van der Waals surface area contributed by atoms with E-state index in [4.69, 9.17) is 0 Å². The number of aromatic nitrogens is 1. The monoisotopic (exact) mass is 219 g/mol. The van der Waals surface area contributed by atoms with Crippen molar-refractivity contribution in [2.24, 2.45) is 0 Å². The first-order valence-electron chi connectivity index (χ1n) is 6.23. The first-order chi connectivity index (χ1) is 7.86. The Labute approximate surface area is 97.9 Å². The van der Waals surface area contributed by atoms with Gasteiger partial charge in [-0.05, 0) is 57.5 Å². The van der Waals surface area contributed by atoms with E-state index in [0.717, 1.165) is 6.54 Å². The predicted molar refractivity (Wildman–Crippen MR) is 67.8 cm³/mol. The van der Waals surface area contributed by atoms with Gasteiger partial charge in [0.2, 0.25) is 0 Å². The molecule has 1 saturated heterocycles. The summed E-state index contributed by atoms with van der Waals surface area (Å²) < 4.78 is 0. The zero-order valence-corrected chi connectivity index (χ0v) is 10.1. The van der Waals surface area contributed by atoms with Crippen LogP contribution in [0.2, 0.25) is 0 Å². The molecule has 2 heterocycles. The third kappa shape index (κ3) is 3.20. The van der Waals surface area contributed by atoms with Crippen LogP contribution in [0.15, 0.2) is 18.5 Å². The van der Waals surface area contributed by atoms with Crippen molar-refractivity contribution in [2.75, 3.05) is 31.5 Å². The van der Waals surface area contributed by atoms with Crippen molar-refractivity contribution in [3.8, 4) is 0 Å². The Morgan fingerprint density at radius 2 is 2.19 bits per heavy atom. The molecule has 0 aromatic carbocycles. The number of nitrogens with one attached hydrogen (secondary N) is 1. The molecule has 3 heteroatoms. The molecule has 1 aliphatic heterocycles. The van der Waals surface area contributed by atoms with Gasteiger partial charge in [-0.15, -0.1) is 0 Å². The summed E-state index contributed by atoms with van der Waals surface area (Å²) in [6, 6.07) is 2.05. The van der Waals surface area contributed by atoms with Crippen LogP contribution < -0.4 is 5.32 Å². The molecule has 0 radical (unpaired) electrons. The maximum absolute atomic E-state index is 4.09. The molecule has 0 saturated carbocycles. The lowest BCUT2D eigenvalue weighted by Gasteiger charge is -2.15. The maximum atomic E-state index is 4.09. The van der Waals surface area contributed by atoms with Crippen LogP contribution in [0.1, 0.15) is 24.8 Å². The van der Waals surface area contributed by atoms with Crippen LogP contribution >= 0.6 is 0 Å². The van der Waals surface area contributed by atoms with E-state index in [-0.39, 0.29) is 0 Å². The molecule has 16 heavy (non-hydrogen) atoms. The number of hydrogen-bond acceptors (Lipinski definition) is 3. The summed E-state index contributed by atoms with van der Waals surface area (Å²) in [5.41, 5.74) is 2.44. The summed E-state index contributed by atoms with van der Waals surface area (Å²) in [5, 5.41) is 3.47. The van der Waals surface area contributed by atoms with Crippen LogP contribution in [-0.2, 0) is 0 Å². The van der Waals surface area contributed by atoms with Crippen LogP contribution in [0.25, 0.3) is 0 Å². The lowest BCUT2D eigenvalue weighted by atomic mass is 10.2. The highest BCUT2D eigenvalue weighted by atomic mass is 15.1. The van der Waals surface area contributed by atoms with Crippen molar-refractivity contribution >= 4 is 5.69 Å². The highest BCUT2D eigenvalue weighted by Gasteiger charge is 2.09. The Balaban J connectivity index is 1.66. The maximum Gasteiger partial charge on any atom is 0.0400 e. The molecule has 1 aromatic rings. The Hall–Kier alpha value is -1.09. The van der Waals surface area contributed by atoms with Crippen molar-refractivity contribution in [2.45, 2.75) is 26.2 Å². The van der Waals surface area contributed by atoms with Gasteiger partial charge in [0.25, 0.3) is 0 Å². The van der Waals surface area contributed by atoms with Gasteiger partial charge in [0.05, 0.1) is 0 Å². The van der Waals surface area contributed by atoms with Crippen molar-refractivity contribution in [3.05, 3.63) is 24.0 Å². The second-order valence-electron chi connectivity index (χ2n) is 4.52. The fraction of sp³-hybridized carbons (Fsp3) is 0.615. The van der Waals surface area contributed by atoms with Gasteiger partial charge in [0.15, 0.2) is 0 Å². The van der Waals surface area contributed by atoms with Gasteiger partial charge < -0.3 is 10.2 Å². The van der Waals surface area contributed by atoms with E-state index in [1.165, 1.54) is 50.1 Å². The zero-order valence-electron chi connectivity index (χ0n) is 10.1. The van der Waals surface area contributed by atoms with Gasteiger partial charge in [-0.25, -0.2) is 0 Å². The molecule has 2 rings (SSSR count). The van der Waals surface area contributed by atoms with Crippen molar-refractivity contribution in [1.82, 2.24) is 9.88 Å². The first kappa shape index (κ1) is 11.4. The molecule has 0 bridgehead atoms. The van der Waals surface area contributed by atoms with Crippen LogP contribution in [0.4, 0.5) is 5.69 Å². The van der Waals surface area contributed by atoms with Gasteiger partial charge in [-0.1, -0.05) is 0 Å². The van der Waals surface area contributed by atoms with Crippen molar-refractivity contribution in [1.29, 1.82) is 0 Å². The minimum absolute atomic E-state index is 1.06. The van der Waals surface area contributed by atoms with Crippen LogP contribution in [0, 0.1) is 6.92 Å². The van der Waals surface area contributed by atoms with Gasteiger partial charge in [-0.3, -0.25) is 4.98 Å². The topological polar surface area (TPSA) is 28.2 Å². The minimum atomic E-state index is 1.06. The van der Waals surface area contributed by atoms with E-state index in [1.807, 2.05) is 18.5 Å². The second-order valence-corrected chi connectivity index (χ2v) is 4.52. The molecule has 1 aliphatic rings. The molecule has 0 unspecified atom stereocenters. The normalized spacial score (nSPS) is 16.6. The summed E-state index contributed by atoms with van der Waals surface area (Å²) in [6.07, 6.45) is 7.74. The highest BCUT2D eigenvalue weighted by molar-refractivity contribution is 5.48. The molecule has 1 aromatic heterocycles. The smallest absolute Gasteiger partial charge is 0.0400 e. The lowest BCUT2D eigenvalue weighted by molar-refractivity contribution is 0.337. The number of rotatable bonds is 5. The summed E-state index contributed by atoms with van der Waals surface area (Å²) in [5.74, 6) is 0. The van der Waals surface area contributed by atoms with E-state index in [2.05, 4.69) is 22.1 Å². The first-order valence-corrected chi connectivity index (χ1v) is 6.23. The average Bonchev–Trinajstić information content (AvgIpc) is 2.79. The quantitative estimate of drug-likeness (QED) is 0.770. The molecule has 0 aliphatic carbocycles. The Morgan fingerprint density at radius 1 is 1.38 bits per heavy atom. The largest absolute Gasteiger partial charge is 0.385 e. The van der Waals surface area contributed by atoms with Crippen LogP contribution in [0.3, 0.4) is 0 Å². The predicted octanol–water partition coefficient (Wildman–Crippen LogP) is 2.29. The van der Waals surface area contributed by atoms with E-state index in [9.17, 15) is 0 Å². The van der Waals surface area contributed by atoms with Gasteiger partial charge in [-0.2, -0.15) is 0 Å². The molecule has 88 valence electrons. The molecule has 0 atom stereocenters. The van der Waals surface area contributed by atoms with Gasteiger partial charge in [0.1, 0.15) is 0 Å². The fourth-order valence-electron chi connectivity index (χ4n) is 2.20. The number of aryl methyl sites for hydroxylation is 1. The van der Waals surface area contributed by atoms with E-state index < -0.39 is 0 Å². The third-order valence-electron chi connectivity index (χ3n) is 3.19. The van der Waals surface area contributed by atoms with Crippen LogP contribution in [-0.4, -0.2) is 36.1 Å². The number of pyridine rings is 1. The number of nitrogens with zero attached hydrogens (tertiary/aromatic N) is 2. The number of anilines is 1. The number of likely N-dealkylation sites (tertiary alicyclic amines) is 1. The summed E-state index contributed by atoms with van der Waals surface area (Å²) in [6.45, 7) is 6.98. The molecule has 1 fully saturated rings. The van der Waals surface area contributed by atoms with E-state index >= 15 is 0 Å². The van der Waals surface area contributed by atoms with E-state index in [1.54, 1.807) is 0 Å². The number of hydrogen-bond donors (Lipinski definition) is 1. The Kier molecular flexibility index (Phi) is 4.17. The summed E-state index contributed by atoms with van der Waals surface area (Å²) >= 11 is 0. The average molecular weight is 219 g/mol. The Bertz CT molecular complexity index is 319. The third-order valence-corrected chi connectivity index (χ3v) is 3.19.